The number of sulfonamides is 1. The molecule has 0 bridgehead atoms. The van der Waals surface area contributed by atoms with Crippen LogP contribution in [0.1, 0.15) is 39.0 Å². The molecule has 1 spiro atoms. The molecule has 0 saturated carbocycles. The minimum absolute atomic E-state index is 0.0826. The molecule has 0 aromatic heterocycles. The first-order valence-electron chi connectivity index (χ1n) is 9.00. The molecule has 8 heteroatoms. The Hall–Kier alpha value is -0.700. The third-order valence-electron chi connectivity index (χ3n) is 5.24. The number of nitrogens with zero attached hydrogens (tertiary/aromatic N) is 2. The number of likely N-dealkylation sites (tertiary alicyclic amines) is 1. The Bertz CT molecular complexity index is 549. The highest BCUT2D eigenvalue weighted by molar-refractivity contribution is 7.89. The molecule has 3 rings (SSSR count). The second kappa shape index (κ2) is 7.27. The van der Waals surface area contributed by atoms with Crippen molar-refractivity contribution in [2.24, 2.45) is 5.92 Å². The zero-order valence-electron chi connectivity index (χ0n) is 14.4. The maximum Gasteiger partial charge on any atom is 0.227 e. The van der Waals surface area contributed by atoms with Crippen LogP contribution in [-0.4, -0.2) is 74.5 Å². The Morgan fingerprint density at radius 2 is 1.83 bits per heavy atom. The molecule has 3 heterocycles. The number of amides is 1. The Balaban J connectivity index is 1.57. The fourth-order valence-electron chi connectivity index (χ4n) is 3.90. The van der Waals surface area contributed by atoms with Crippen LogP contribution in [0.2, 0.25) is 0 Å². The maximum absolute atomic E-state index is 12.8. The molecule has 0 aromatic rings. The fourth-order valence-corrected chi connectivity index (χ4v) is 5.48. The normalized spacial score (nSPS) is 28.4. The summed E-state index contributed by atoms with van der Waals surface area (Å²) in [4.78, 5) is 14.7. The van der Waals surface area contributed by atoms with E-state index >= 15 is 0 Å². The molecule has 7 nitrogen and oxygen atoms in total. The quantitative estimate of drug-likeness (QED) is 0.741. The summed E-state index contributed by atoms with van der Waals surface area (Å²) in [7, 11) is -3.23. The fraction of sp³-hybridized carbons (Fsp3) is 0.938. The lowest BCUT2D eigenvalue weighted by Crippen LogP contribution is -2.52. The van der Waals surface area contributed by atoms with Crippen LogP contribution >= 0.6 is 0 Å². The molecule has 1 atom stereocenters. The van der Waals surface area contributed by atoms with Gasteiger partial charge >= 0.3 is 0 Å². The topological polar surface area (TPSA) is 76.2 Å². The average molecular weight is 360 g/mol. The van der Waals surface area contributed by atoms with Crippen LogP contribution in [0.4, 0.5) is 0 Å². The number of hydrogen-bond donors (Lipinski definition) is 0. The van der Waals surface area contributed by atoms with Crippen molar-refractivity contribution in [3.8, 4) is 0 Å². The van der Waals surface area contributed by atoms with Crippen molar-refractivity contribution in [1.82, 2.24) is 9.21 Å². The molecule has 0 N–H and O–H groups in total. The van der Waals surface area contributed by atoms with Gasteiger partial charge in [0.05, 0.1) is 24.9 Å². The van der Waals surface area contributed by atoms with Crippen molar-refractivity contribution in [2.75, 3.05) is 45.1 Å². The summed E-state index contributed by atoms with van der Waals surface area (Å²) >= 11 is 0. The van der Waals surface area contributed by atoms with Crippen molar-refractivity contribution >= 4 is 15.9 Å². The van der Waals surface area contributed by atoms with E-state index < -0.39 is 15.8 Å². The van der Waals surface area contributed by atoms with Gasteiger partial charge in [0.25, 0.3) is 0 Å². The highest BCUT2D eigenvalue weighted by Gasteiger charge is 2.42. The number of hydrogen-bond acceptors (Lipinski definition) is 5. The van der Waals surface area contributed by atoms with Gasteiger partial charge in [0.2, 0.25) is 15.9 Å². The molecule has 0 aliphatic carbocycles. The molecule has 0 radical (unpaired) electrons. The smallest absolute Gasteiger partial charge is 0.227 e. The number of piperidine rings is 2. The minimum atomic E-state index is -3.23. The average Bonchev–Trinajstić information content (AvgIpc) is 3.03. The van der Waals surface area contributed by atoms with Gasteiger partial charge in [-0.1, -0.05) is 6.92 Å². The summed E-state index contributed by atoms with van der Waals surface area (Å²) in [5, 5.41) is 0. The summed E-state index contributed by atoms with van der Waals surface area (Å²) in [5.41, 5.74) is 0. The van der Waals surface area contributed by atoms with Gasteiger partial charge in [-0.25, -0.2) is 12.7 Å². The molecule has 3 fully saturated rings. The van der Waals surface area contributed by atoms with E-state index in [1.807, 2.05) is 11.8 Å². The Kier molecular flexibility index (Phi) is 5.48. The van der Waals surface area contributed by atoms with E-state index in [1.165, 1.54) is 4.31 Å². The molecule has 3 aliphatic rings. The number of ether oxygens (including phenoxy) is 2. The Morgan fingerprint density at radius 1 is 1.17 bits per heavy atom. The van der Waals surface area contributed by atoms with Gasteiger partial charge in [0, 0.05) is 39.0 Å². The maximum atomic E-state index is 12.8. The van der Waals surface area contributed by atoms with Crippen LogP contribution < -0.4 is 0 Å². The number of carbonyl (C=O) groups is 1. The molecule has 138 valence electrons. The first-order chi connectivity index (χ1) is 11.5. The summed E-state index contributed by atoms with van der Waals surface area (Å²) < 4.78 is 37.4. The van der Waals surface area contributed by atoms with Crippen molar-refractivity contribution in [2.45, 2.75) is 44.8 Å². The van der Waals surface area contributed by atoms with Gasteiger partial charge in [-0.2, -0.15) is 0 Å². The van der Waals surface area contributed by atoms with Gasteiger partial charge in [-0.15, -0.1) is 0 Å². The van der Waals surface area contributed by atoms with Crippen LogP contribution in [0.3, 0.4) is 0 Å². The van der Waals surface area contributed by atoms with Gasteiger partial charge in [-0.05, 0) is 19.3 Å². The van der Waals surface area contributed by atoms with E-state index in [0.717, 1.165) is 12.8 Å². The van der Waals surface area contributed by atoms with Crippen LogP contribution in [0.5, 0.6) is 0 Å². The molecule has 0 aromatic carbocycles. The number of rotatable bonds is 4. The first-order valence-corrected chi connectivity index (χ1v) is 10.6. The second-order valence-electron chi connectivity index (χ2n) is 6.95. The van der Waals surface area contributed by atoms with Crippen LogP contribution in [-0.2, 0) is 24.3 Å². The lowest BCUT2D eigenvalue weighted by molar-refractivity contribution is -0.188. The molecule has 1 amide bonds. The highest BCUT2D eigenvalue weighted by atomic mass is 32.2. The van der Waals surface area contributed by atoms with E-state index in [4.69, 9.17) is 9.47 Å². The Morgan fingerprint density at radius 3 is 2.46 bits per heavy atom. The van der Waals surface area contributed by atoms with E-state index in [1.54, 1.807) is 0 Å². The molecule has 3 saturated heterocycles. The van der Waals surface area contributed by atoms with Gasteiger partial charge in [0.1, 0.15) is 0 Å². The summed E-state index contributed by atoms with van der Waals surface area (Å²) in [6.45, 7) is 5.23. The van der Waals surface area contributed by atoms with Gasteiger partial charge in [-0.3, -0.25) is 4.79 Å². The van der Waals surface area contributed by atoms with E-state index in [0.29, 0.717) is 58.7 Å². The summed E-state index contributed by atoms with van der Waals surface area (Å²) in [6, 6.07) is 0. The van der Waals surface area contributed by atoms with Crippen molar-refractivity contribution < 1.29 is 22.7 Å². The second-order valence-corrected chi connectivity index (χ2v) is 9.03. The highest BCUT2D eigenvalue weighted by Crippen LogP contribution is 2.32. The SMILES string of the molecule is CCCS(=O)(=O)N1CCC[C@H](C(=O)N2CCC3(CC2)OCCO3)C1. The number of carbonyl (C=O) groups excluding carboxylic acids is 1. The minimum Gasteiger partial charge on any atom is -0.347 e. The van der Waals surface area contributed by atoms with E-state index in [9.17, 15) is 13.2 Å². The lowest BCUT2D eigenvalue weighted by atomic mass is 9.96. The van der Waals surface area contributed by atoms with E-state index in [2.05, 4.69) is 0 Å². The summed E-state index contributed by atoms with van der Waals surface area (Å²) in [6.07, 6.45) is 3.52. The predicted octanol–water partition coefficient (Wildman–Crippen LogP) is 0.804. The van der Waals surface area contributed by atoms with Gasteiger partial charge in [0.15, 0.2) is 5.79 Å². The monoisotopic (exact) mass is 360 g/mol. The van der Waals surface area contributed by atoms with Crippen molar-refractivity contribution in [3.63, 3.8) is 0 Å². The lowest BCUT2D eigenvalue weighted by Gasteiger charge is -2.40. The Labute approximate surface area is 144 Å². The first kappa shape index (κ1) is 18.1. The summed E-state index contributed by atoms with van der Waals surface area (Å²) in [5.74, 6) is -0.460. The van der Waals surface area contributed by atoms with Crippen LogP contribution in [0.25, 0.3) is 0 Å². The molecule has 3 aliphatic heterocycles. The molecular formula is C16H28N2O5S. The predicted molar refractivity (Wildman–Crippen MR) is 88.8 cm³/mol. The molecule has 24 heavy (non-hydrogen) atoms. The third-order valence-corrected chi connectivity index (χ3v) is 7.28. The molecular weight excluding hydrogens is 332 g/mol. The molecule has 0 unspecified atom stereocenters. The zero-order chi connectivity index (χ0) is 17.2. The standard InChI is InChI=1S/C16H28N2O5S/c1-2-12-24(20,21)18-7-3-4-14(13-18)15(19)17-8-5-16(6-9-17)22-10-11-23-16/h14H,2-13H2,1H3/t14-/m0/s1. The zero-order valence-corrected chi connectivity index (χ0v) is 15.2. The largest absolute Gasteiger partial charge is 0.347 e. The van der Waals surface area contributed by atoms with E-state index in [-0.39, 0.29) is 17.6 Å². The van der Waals surface area contributed by atoms with Gasteiger partial charge < -0.3 is 14.4 Å². The van der Waals surface area contributed by atoms with Crippen LogP contribution in [0, 0.1) is 5.92 Å². The van der Waals surface area contributed by atoms with Crippen LogP contribution in [0.15, 0.2) is 0 Å². The van der Waals surface area contributed by atoms with Crippen molar-refractivity contribution in [1.29, 1.82) is 0 Å². The third kappa shape index (κ3) is 3.76. The van der Waals surface area contributed by atoms with Crippen molar-refractivity contribution in [3.05, 3.63) is 0 Å².